The molecule has 0 atom stereocenters. The summed E-state index contributed by atoms with van der Waals surface area (Å²) in [6.07, 6.45) is 3.14. The highest BCUT2D eigenvalue weighted by Crippen LogP contribution is 2.34. The minimum absolute atomic E-state index is 0.0384. The van der Waals surface area contributed by atoms with Crippen molar-refractivity contribution in [3.63, 3.8) is 0 Å². The number of phenols is 2. The summed E-state index contributed by atoms with van der Waals surface area (Å²) in [7, 11) is 2.58. The van der Waals surface area contributed by atoms with E-state index < -0.39 is 17.9 Å². The van der Waals surface area contributed by atoms with Gasteiger partial charge < -0.3 is 47.8 Å². The Balaban J connectivity index is 0.000000228. The Morgan fingerprint density at radius 1 is 0.627 bits per heavy atom. The SMILES string of the molecule is CCCCC(=O)OC(C)(C)C.COC(=O)c1ccc(Cl)cc1O.COC(=O)c1ccc(Cl)cc1OCc1ccccc1.O=C(O)CCCSc1nnc(-c2ccc(Cl)cc2O)o1.S=c1[nH]nc(-c2ccc(Cl)cc2OCc2ccccc2)o1. The first kappa shape index (κ1) is 67.9. The third kappa shape index (κ3) is 25.2. The first-order chi connectivity index (χ1) is 39.6. The van der Waals surface area contributed by atoms with E-state index in [1.807, 2.05) is 81.4 Å². The maximum Gasteiger partial charge on any atom is 0.341 e. The number of hydrogen-bond acceptors (Lipinski definition) is 18. The van der Waals surface area contributed by atoms with E-state index in [4.69, 9.17) is 91.5 Å². The second-order valence-corrected chi connectivity index (χ2v) is 21.1. The number of aromatic amines is 1. The van der Waals surface area contributed by atoms with E-state index in [9.17, 15) is 29.4 Å². The normalized spacial score (nSPS) is 10.4. The number of carbonyl (C=O) groups is 4. The summed E-state index contributed by atoms with van der Waals surface area (Å²) in [6, 6.07) is 38.4. The fourth-order valence-corrected chi connectivity index (χ4v) is 7.93. The molecule has 6 aromatic carbocycles. The Hall–Kier alpha value is -7.59. The van der Waals surface area contributed by atoms with Crippen molar-refractivity contribution in [2.24, 2.45) is 0 Å². The first-order valence-corrected chi connectivity index (χ1v) is 28.0. The predicted molar refractivity (Wildman–Crippen MR) is 320 cm³/mol. The molecule has 0 saturated carbocycles. The van der Waals surface area contributed by atoms with Crippen molar-refractivity contribution in [2.45, 2.75) is 83.8 Å². The number of carbonyl (C=O) groups excluding carboxylic acids is 3. The zero-order valence-electron chi connectivity index (χ0n) is 45.9. The van der Waals surface area contributed by atoms with Crippen LogP contribution < -0.4 is 9.47 Å². The van der Waals surface area contributed by atoms with E-state index >= 15 is 0 Å². The number of thioether (sulfide) groups is 1. The lowest BCUT2D eigenvalue weighted by molar-refractivity contribution is -0.155. The van der Waals surface area contributed by atoms with Crippen molar-refractivity contribution < 1.29 is 67.0 Å². The largest absolute Gasteiger partial charge is 0.507 e. The number of aromatic hydroxyl groups is 2. The summed E-state index contributed by atoms with van der Waals surface area (Å²) in [5, 5.41) is 43.9. The fraction of sp³-hybridized carbons (Fsp3) is 0.254. The molecular formula is C59H60Cl4N4O14S2. The number of halogens is 4. The summed E-state index contributed by atoms with van der Waals surface area (Å²) in [6.45, 7) is 8.51. The number of rotatable bonds is 18. The maximum atomic E-state index is 11.6. The summed E-state index contributed by atoms with van der Waals surface area (Å²) < 4.78 is 36.4. The minimum Gasteiger partial charge on any atom is -0.507 e. The van der Waals surface area contributed by atoms with Gasteiger partial charge >= 0.3 is 23.9 Å². The Labute approximate surface area is 508 Å². The molecule has 0 fully saturated rings. The van der Waals surface area contributed by atoms with Gasteiger partial charge in [-0.3, -0.25) is 9.59 Å². The van der Waals surface area contributed by atoms with Crippen LogP contribution in [0.15, 0.2) is 148 Å². The number of esters is 3. The van der Waals surface area contributed by atoms with E-state index in [-0.39, 0.29) is 45.8 Å². The second-order valence-electron chi connectivity index (χ2n) is 18.0. The number of carboxylic acids is 1. The van der Waals surface area contributed by atoms with E-state index in [2.05, 4.69) is 32.1 Å². The summed E-state index contributed by atoms with van der Waals surface area (Å²) in [4.78, 5) is 44.1. The van der Waals surface area contributed by atoms with Gasteiger partial charge in [0.25, 0.3) is 16.0 Å². The number of unbranched alkanes of at least 4 members (excludes halogenated alkanes) is 1. The molecule has 0 amide bonds. The molecule has 83 heavy (non-hydrogen) atoms. The van der Waals surface area contributed by atoms with Crippen molar-refractivity contribution in [3.05, 3.63) is 181 Å². The Kier molecular flexibility index (Phi) is 29.0. The van der Waals surface area contributed by atoms with Crippen LogP contribution in [0.4, 0.5) is 0 Å². The average Bonchev–Trinajstić information content (AvgIpc) is 4.32. The van der Waals surface area contributed by atoms with Gasteiger partial charge in [-0.25, -0.2) is 14.7 Å². The second kappa shape index (κ2) is 35.4. The van der Waals surface area contributed by atoms with Crippen LogP contribution in [0.3, 0.4) is 0 Å². The third-order valence-electron chi connectivity index (χ3n) is 10.3. The molecule has 18 nitrogen and oxygen atoms in total. The molecule has 0 aliphatic carbocycles. The predicted octanol–water partition coefficient (Wildman–Crippen LogP) is 15.7. The molecule has 4 N–H and O–H groups in total. The van der Waals surface area contributed by atoms with Crippen molar-refractivity contribution in [1.82, 2.24) is 20.4 Å². The number of carboxylic acid groups (broad SMARTS) is 1. The van der Waals surface area contributed by atoms with Crippen LogP contribution in [0.1, 0.15) is 91.6 Å². The van der Waals surface area contributed by atoms with Crippen LogP contribution in [0.5, 0.6) is 23.0 Å². The molecule has 2 heterocycles. The number of hydrogen-bond donors (Lipinski definition) is 4. The number of ether oxygens (including phenoxy) is 5. The Morgan fingerprint density at radius 3 is 1.66 bits per heavy atom. The minimum atomic E-state index is -0.831. The molecule has 0 aliphatic rings. The topological polar surface area (TPSA) is 256 Å². The van der Waals surface area contributed by atoms with Crippen molar-refractivity contribution in [2.75, 3.05) is 20.0 Å². The number of methoxy groups -OCH3 is 2. The van der Waals surface area contributed by atoms with Crippen LogP contribution in [0.25, 0.3) is 22.9 Å². The van der Waals surface area contributed by atoms with E-state index in [0.717, 1.165) is 24.0 Å². The number of nitrogens with zero attached hydrogens (tertiary/aromatic N) is 3. The van der Waals surface area contributed by atoms with Gasteiger partial charge in [0.05, 0.1) is 25.3 Å². The van der Waals surface area contributed by atoms with Crippen LogP contribution in [-0.2, 0) is 37.0 Å². The van der Waals surface area contributed by atoms with Crippen molar-refractivity contribution in [3.8, 4) is 45.9 Å². The molecule has 0 unspecified atom stereocenters. The molecule has 0 radical (unpaired) electrons. The van der Waals surface area contributed by atoms with Gasteiger partial charge in [-0.05, 0) is 130 Å². The zero-order chi connectivity index (χ0) is 60.9. The van der Waals surface area contributed by atoms with Crippen molar-refractivity contribution in [1.29, 1.82) is 0 Å². The maximum absolute atomic E-state index is 11.6. The smallest absolute Gasteiger partial charge is 0.341 e. The lowest BCUT2D eigenvalue weighted by Crippen LogP contribution is -2.23. The molecule has 0 aliphatic heterocycles. The molecule has 0 saturated heterocycles. The van der Waals surface area contributed by atoms with Gasteiger partial charge in [-0.2, -0.15) is 0 Å². The highest BCUT2D eigenvalue weighted by Gasteiger charge is 2.18. The summed E-state index contributed by atoms with van der Waals surface area (Å²) >= 11 is 29.4. The lowest BCUT2D eigenvalue weighted by atomic mass is 10.2. The standard InChI is InChI=1S/C15H11ClN2O2S.C15H13ClO3.C12H11ClN2O4S.C9H18O2.C8H7ClO3/c16-11-6-7-12(14-17-18-15(21)20-14)13(8-11)19-9-10-4-2-1-3-5-10;1-18-15(17)13-8-7-12(16)9-14(13)19-10-11-5-3-2-4-6-11;13-7-3-4-8(9(16)6-7)11-14-15-12(19-11)20-5-1-2-10(17)18;1-5-6-7-8(10)11-9(2,3)4;1-12-8(11)6-3-2-5(9)4-7(6)10/h1-8H,9H2,(H,18,21);2-9H,10H2,1H3;3-4,6,16H,1-2,5H2,(H,17,18);5-7H2,1-4H3;2-4,10H,1H3. The molecule has 8 aromatic rings. The molecule has 2 aromatic heterocycles. The van der Waals surface area contributed by atoms with Gasteiger partial charge in [0.1, 0.15) is 52.9 Å². The quantitative estimate of drug-likeness (QED) is 0.0205. The third-order valence-corrected chi connectivity index (χ3v) is 12.3. The van der Waals surface area contributed by atoms with Gasteiger partial charge in [0.15, 0.2) is 0 Å². The number of nitrogens with one attached hydrogen (secondary N) is 1. The van der Waals surface area contributed by atoms with Crippen LogP contribution in [-0.4, -0.2) is 85.2 Å². The zero-order valence-corrected chi connectivity index (χ0v) is 50.5. The number of phenolic OH excluding ortho intramolecular Hbond substituents is 2. The number of benzene rings is 6. The average molecular weight is 1260 g/mol. The summed E-state index contributed by atoms with van der Waals surface area (Å²) in [5.74, 6) is 0.00378. The molecule has 8 rings (SSSR count). The van der Waals surface area contributed by atoms with Gasteiger partial charge in [-0.1, -0.05) is 132 Å². The number of aliphatic carboxylic acids is 1. The first-order valence-electron chi connectivity index (χ1n) is 25.1. The van der Waals surface area contributed by atoms with Gasteiger partial charge in [0.2, 0.25) is 5.89 Å². The monoisotopic (exact) mass is 1250 g/mol. The molecular weight excluding hydrogens is 1190 g/mol. The van der Waals surface area contributed by atoms with Crippen LogP contribution in [0, 0.1) is 4.84 Å². The summed E-state index contributed by atoms with van der Waals surface area (Å²) in [5.41, 5.74) is 3.32. The van der Waals surface area contributed by atoms with E-state index in [1.165, 1.54) is 50.2 Å². The molecule has 0 bridgehead atoms. The highest BCUT2D eigenvalue weighted by molar-refractivity contribution is 7.99. The highest BCUT2D eigenvalue weighted by atomic mass is 35.5. The van der Waals surface area contributed by atoms with E-state index in [1.54, 1.807) is 48.5 Å². The Morgan fingerprint density at radius 2 is 1.14 bits per heavy atom. The Bertz CT molecular complexity index is 3400. The fourth-order valence-electron chi connectivity index (χ4n) is 6.45. The number of aromatic nitrogens is 4. The van der Waals surface area contributed by atoms with Gasteiger partial charge in [0, 0.05) is 38.7 Å². The number of H-pyrrole nitrogens is 1. The molecule has 24 heteroatoms. The van der Waals surface area contributed by atoms with Crippen molar-refractivity contribution >= 4 is 94.3 Å². The molecule has 0 spiro atoms. The van der Waals surface area contributed by atoms with E-state index in [0.29, 0.717) is 91.2 Å². The lowest BCUT2D eigenvalue weighted by Gasteiger charge is -2.19. The van der Waals surface area contributed by atoms with Crippen LogP contribution >= 0.6 is 70.4 Å². The molecule has 440 valence electrons. The van der Waals surface area contributed by atoms with Crippen LogP contribution in [0.2, 0.25) is 20.1 Å². The van der Waals surface area contributed by atoms with Gasteiger partial charge in [-0.15, -0.1) is 15.3 Å².